The molecule has 1 fully saturated rings. The fraction of sp³-hybridized carbons (Fsp3) is 0.615. The summed E-state index contributed by atoms with van der Waals surface area (Å²) in [7, 11) is 0. The van der Waals surface area contributed by atoms with Gasteiger partial charge in [0.15, 0.2) is 5.13 Å². The third-order valence-electron chi connectivity index (χ3n) is 3.08. The van der Waals surface area contributed by atoms with Gasteiger partial charge in [-0.05, 0) is 32.7 Å². The zero-order valence-corrected chi connectivity index (χ0v) is 13.5. The van der Waals surface area contributed by atoms with E-state index >= 15 is 0 Å². The number of carboxylic acids is 1. The number of aryl methyl sites for hydroxylation is 2. The van der Waals surface area contributed by atoms with Crippen LogP contribution in [-0.2, 0) is 16.0 Å². The fourth-order valence-corrected chi connectivity index (χ4v) is 2.82. The number of alkyl halides is 3. The Morgan fingerprint density at radius 2 is 2.09 bits per heavy atom. The van der Waals surface area contributed by atoms with Gasteiger partial charge in [0.05, 0.1) is 11.7 Å². The Kier molecular flexibility index (Phi) is 6.95. The van der Waals surface area contributed by atoms with Crippen LogP contribution in [0.4, 0.5) is 18.3 Å². The molecule has 1 atom stereocenters. The lowest BCUT2D eigenvalue weighted by atomic mass is 10.2. The minimum Gasteiger partial charge on any atom is -0.475 e. The van der Waals surface area contributed by atoms with Crippen LogP contribution in [0.5, 0.6) is 0 Å². The normalized spacial score (nSPS) is 17.3. The van der Waals surface area contributed by atoms with Gasteiger partial charge >= 0.3 is 12.1 Å². The number of hydrogen-bond acceptors (Lipinski definition) is 5. The van der Waals surface area contributed by atoms with Crippen molar-refractivity contribution < 1.29 is 27.9 Å². The lowest BCUT2D eigenvalue weighted by Gasteiger charge is -2.08. The molecule has 23 heavy (non-hydrogen) atoms. The van der Waals surface area contributed by atoms with Crippen LogP contribution in [0.2, 0.25) is 0 Å². The highest BCUT2D eigenvalue weighted by Crippen LogP contribution is 2.22. The molecule has 1 aliphatic rings. The van der Waals surface area contributed by atoms with Crippen molar-refractivity contribution in [1.29, 1.82) is 0 Å². The number of hydrogen-bond donors (Lipinski definition) is 3. The summed E-state index contributed by atoms with van der Waals surface area (Å²) >= 11 is 1.56. The molecule has 1 aromatic heterocycles. The molecule has 1 unspecified atom stereocenters. The molecule has 0 radical (unpaired) electrons. The van der Waals surface area contributed by atoms with E-state index in [9.17, 15) is 18.0 Å². The Labute approximate surface area is 135 Å². The van der Waals surface area contributed by atoms with Crippen LogP contribution >= 0.6 is 11.3 Å². The molecule has 1 amide bonds. The minimum atomic E-state index is -5.08. The molecule has 0 spiro atoms. The molecule has 1 aromatic rings. The number of rotatable bonds is 3. The smallest absolute Gasteiger partial charge is 0.475 e. The Hall–Kier alpha value is -1.68. The van der Waals surface area contributed by atoms with E-state index < -0.39 is 12.1 Å². The highest BCUT2D eigenvalue weighted by atomic mass is 32.1. The zero-order valence-electron chi connectivity index (χ0n) is 12.7. The summed E-state index contributed by atoms with van der Waals surface area (Å²) in [5.74, 6) is -2.71. The van der Waals surface area contributed by atoms with E-state index in [1.807, 2.05) is 6.92 Å². The van der Waals surface area contributed by atoms with E-state index in [4.69, 9.17) is 9.90 Å². The molecule has 1 aliphatic heterocycles. The van der Waals surface area contributed by atoms with Crippen LogP contribution in [0.25, 0.3) is 0 Å². The monoisotopic (exact) mass is 353 g/mol. The van der Waals surface area contributed by atoms with Crippen molar-refractivity contribution >= 4 is 28.3 Å². The molecule has 0 aliphatic carbocycles. The van der Waals surface area contributed by atoms with E-state index in [0.29, 0.717) is 0 Å². The molecule has 2 heterocycles. The molecular formula is C13H18F3N3O3S. The maximum absolute atomic E-state index is 11.8. The molecular weight excluding hydrogens is 335 g/mol. The highest BCUT2D eigenvalue weighted by Gasteiger charge is 2.38. The van der Waals surface area contributed by atoms with Gasteiger partial charge in [0, 0.05) is 4.88 Å². The predicted molar refractivity (Wildman–Crippen MR) is 79.6 cm³/mol. The summed E-state index contributed by atoms with van der Waals surface area (Å²) in [6.07, 6.45) is -2.16. The molecule has 2 rings (SSSR count). The topological polar surface area (TPSA) is 91.3 Å². The van der Waals surface area contributed by atoms with Gasteiger partial charge in [-0.3, -0.25) is 4.79 Å². The maximum Gasteiger partial charge on any atom is 0.490 e. The number of nitrogens with zero attached hydrogens (tertiary/aromatic N) is 1. The number of amides is 1. The standard InChI is InChI=1S/C11H17N3OS.C2HF3O2/c1-3-8-7(2)16-11(13-8)14-10(15)9-5-4-6-12-9;3-2(4,5)1(6)7/h9,12H,3-6H2,1-2H3,(H,13,14,15);(H,6,7). The van der Waals surface area contributed by atoms with Crippen LogP contribution in [-0.4, -0.2) is 40.7 Å². The van der Waals surface area contributed by atoms with Crippen molar-refractivity contribution in [2.24, 2.45) is 0 Å². The van der Waals surface area contributed by atoms with Gasteiger partial charge in [-0.1, -0.05) is 6.92 Å². The van der Waals surface area contributed by atoms with Crippen LogP contribution < -0.4 is 10.6 Å². The average molecular weight is 353 g/mol. The van der Waals surface area contributed by atoms with Crippen LogP contribution in [0.3, 0.4) is 0 Å². The second kappa shape index (κ2) is 8.25. The number of aliphatic carboxylic acids is 1. The first-order valence-corrected chi connectivity index (χ1v) is 7.77. The lowest BCUT2D eigenvalue weighted by molar-refractivity contribution is -0.192. The Balaban J connectivity index is 0.000000322. The second-order valence-corrected chi connectivity index (χ2v) is 6.02. The van der Waals surface area contributed by atoms with Gasteiger partial charge in [-0.15, -0.1) is 11.3 Å². The van der Waals surface area contributed by atoms with Crippen LogP contribution in [0.1, 0.15) is 30.3 Å². The quantitative estimate of drug-likeness (QED) is 0.776. The van der Waals surface area contributed by atoms with Gasteiger partial charge in [-0.25, -0.2) is 9.78 Å². The van der Waals surface area contributed by atoms with E-state index in [0.717, 1.165) is 36.6 Å². The van der Waals surface area contributed by atoms with Gasteiger partial charge in [0.1, 0.15) is 0 Å². The first-order chi connectivity index (χ1) is 10.6. The number of thiazole rings is 1. The Morgan fingerprint density at radius 1 is 1.48 bits per heavy atom. The van der Waals surface area contributed by atoms with E-state index in [-0.39, 0.29) is 11.9 Å². The molecule has 0 saturated carbocycles. The summed E-state index contributed by atoms with van der Waals surface area (Å²) in [5, 5.41) is 13.9. The van der Waals surface area contributed by atoms with Crippen molar-refractivity contribution in [2.75, 3.05) is 11.9 Å². The number of halogens is 3. The molecule has 0 bridgehead atoms. The molecule has 0 aromatic carbocycles. The maximum atomic E-state index is 11.8. The van der Waals surface area contributed by atoms with E-state index in [2.05, 4.69) is 22.5 Å². The molecule has 10 heteroatoms. The SMILES string of the molecule is CCc1nc(NC(=O)C2CCCN2)sc1C.O=C(O)C(F)(F)F. The van der Waals surface area contributed by atoms with Crippen molar-refractivity contribution in [2.45, 2.75) is 45.3 Å². The zero-order chi connectivity index (χ0) is 17.6. The number of nitrogens with one attached hydrogen (secondary N) is 2. The Morgan fingerprint density at radius 3 is 2.48 bits per heavy atom. The van der Waals surface area contributed by atoms with Gasteiger partial charge in [0.25, 0.3) is 0 Å². The molecule has 1 saturated heterocycles. The molecule has 3 N–H and O–H groups in total. The predicted octanol–water partition coefficient (Wildman–Crippen LogP) is 2.34. The second-order valence-electron chi connectivity index (χ2n) is 4.82. The molecule has 130 valence electrons. The number of carbonyl (C=O) groups is 2. The number of anilines is 1. The third-order valence-corrected chi connectivity index (χ3v) is 4.01. The largest absolute Gasteiger partial charge is 0.490 e. The third kappa shape index (κ3) is 6.14. The number of carboxylic acid groups (broad SMARTS) is 1. The first kappa shape index (κ1) is 19.4. The number of aromatic nitrogens is 1. The van der Waals surface area contributed by atoms with Gasteiger partial charge in [-0.2, -0.15) is 13.2 Å². The first-order valence-electron chi connectivity index (χ1n) is 6.95. The summed E-state index contributed by atoms with van der Waals surface area (Å²) in [6, 6.07) is -0.0331. The summed E-state index contributed by atoms with van der Waals surface area (Å²) in [4.78, 5) is 26.3. The Bertz CT molecular complexity index is 554. The summed E-state index contributed by atoms with van der Waals surface area (Å²) in [6.45, 7) is 5.06. The van der Waals surface area contributed by atoms with Crippen molar-refractivity contribution in [1.82, 2.24) is 10.3 Å². The number of carbonyl (C=O) groups excluding carboxylic acids is 1. The van der Waals surface area contributed by atoms with E-state index in [1.165, 1.54) is 4.88 Å². The van der Waals surface area contributed by atoms with Gasteiger partial charge < -0.3 is 15.7 Å². The van der Waals surface area contributed by atoms with Crippen molar-refractivity contribution in [3.05, 3.63) is 10.6 Å². The summed E-state index contributed by atoms with van der Waals surface area (Å²) < 4.78 is 31.7. The highest BCUT2D eigenvalue weighted by molar-refractivity contribution is 7.15. The van der Waals surface area contributed by atoms with Crippen LogP contribution in [0, 0.1) is 6.92 Å². The lowest BCUT2D eigenvalue weighted by Crippen LogP contribution is -2.35. The van der Waals surface area contributed by atoms with Crippen molar-refractivity contribution in [3.63, 3.8) is 0 Å². The van der Waals surface area contributed by atoms with E-state index in [1.54, 1.807) is 11.3 Å². The fourth-order valence-electron chi connectivity index (χ4n) is 1.91. The average Bonchev–Trinajstić information content (AvgIpc) is 3.07. The van der Waals surface area contributed by atoms with Gasteiger partial charge in [0.2, 0.25) is 5.91 Å². The van der Waals surface area contributed by atoms with Crippen molar-refractivity contribution in [3.8, 4) is 0 Å². The van der Waals surface area contributed by atoms with Crippen LogP contribution in [0.15, 0.2) is 0 Å². The summed E-state index contributed by atoms with van der Waals surface area (Å²) in [5.41, 5.74) is 1.08. The molecule has 6 nitrogen and oxygen atoms in total. The minimum absolute atomic E-state index is 0.0331.